The van der Waals surface area contributed by atoms with Gasteiger partial charge in [-0.3, -0.25) is 4.79 Å². The van der Waals surface area contributed by atoms with Crippen molar-refractivity contribution in [3.05, 3.63) is 53.0 Å². The fraction of sp³-hybridized carbons (Fsp3) is 0.421. The lowest BCUT2D eigenvalue weighted by atomic mass is 10.1. The largest absolute Gasteiger partial charge is 0.464 e. The number of aliphatic hydroxyl groups is 1. The van der Waals surface area contributed by atoms with Gasteiger partial charge < -0.3 is 20.2 Å². The van der Waals surface area contributed by atoms with E-state index in [0.717, 1.165) is 28.7 Å². The van der Waals surface area contributed by atoms with Crippen LogP contribution in [0.3, 0.4) is 0 Å². The average Bonchev–Trinajstić information content (AvgIpc) is 3.12. The summed E-state index contributed by atoms with van der Waals surface area (Å²) in [5, 5.41) is 14.8. The van der Waals surface area contributed by atoms with E-state index in [1.165, 1.54) is 6.42 Å². The second-order valence-electron chi connectivity index (χ2n) is 6.43. The van der Waals surface area contributed by atoms with E-state index in [2.05, 4.69) is 23.6 Å². The second kappa shape index (κ2) is 7.09. The van der Waals surface area contributed by atoms with Crippen molar-refractivity contribution in [1.82, 2.24) is 5.32 Å². The number of carbonyl (C=O) groups is 1. The summed E-state index contributed by atoms with van der Waals surface area (Å²) in [4.78, 5) is 12.1. The predicted molar refractivity (Wildman–Crippen MR) is 93.2 cm³/mol. The molecule has 128 valence electrons. The average molecular weight is 328 g/mol. The zero-order valence-corrected chi connectivity index (χ0v) is 14.1. The lowest BCUT2D eigenvalue weighted by Gasteiger charge is -2.12. The highest BCUT2D eigenvalue weighted by Crippen LogP contribution is 2.47. The maximum Gasteiger partial charge on any atom is 0.251 e. The molecule has 0 radical (unpaired) electrons. The molecule has 3 N–H and O–H groups in total. The Morgan fingerprint density at radius 1 is 1.33 bits per heavy atom. The molecule has 1 heterocycles. The van der Waals surface area contributed by atoms with E-state index in [4.69, 9.17) is 9.52 Å². The molecule has 5 heteroatoms. The monoisotopic (exact) mass is 328 g/mol. The third-order valence-electron chi connectivity index (χ3n) is 4.59. The van der Waals surface area contributed by atoms with Gasteiger partial charge in [-0.1, -0.05) is 13.0 Å². The Labute approximate surface area is 142 Å². The first-order valence-corrected chi connectivity index (χ1v) is 8.41. The number of benzene rings is 1. The molecular formula is C19H24N2O3. The normalized spacial score (nSPS) is 19.1. The quantitative estimate of drug-likeness (QED) is 0.730. The molecule has 1 aromatic carbocycles. The maximum atomic E-state index is 12.1. The molecule has 24 heavy (non-hydrogen) atoms. The van der Waals surface area contributed by atoms with Crippen LogP contribution >= 0.6 is 0 Å². The van der Waals surface area contributed by atoms with Crippen LogP contribution in [0.4, 0.5) is 5.69 Å². The number of amides is 1. The molecule has 3 rings (SSSR count). The second-order valence-corrected chi connectivity index (χ2v) is 6.43. The maximum absolute atomic E-state index is 12.1. The minimum absolute atomic E-state index is 0.0663. The molecule has 1 aromatic heterocycles. The number of rotatable bonds is 7. The molecule has 2 atom stereocenters. The summed E-state index contributed by atoms with van der Waals surface area (Å²) in [7, 11) is 0. The van der Waals surface area contributed by atoms with Gasteiger partial charge >= 0.3 is 0 Å². The molecule has 0 spiro atoms. The first-order chi connectivity index (χ1) is 11.6. The van der Waals surface area contributed by atoms with Crippen molar-refractivity contribution in [3.63, 3.8) is 0 Å². The van der Waals surface area contributed by atoms with Gasteiger partial charge in [-0.2, -0.15) is 0 Å². The summed E-state index contributed by atoms with van der Waals surface area (Å²) in [6.45, 7) is 4.93. The zero-order chi connectivity index (χ0) is 17.1. The summed E-state index contributed by atoms with van der Waals surface area (Å²) < 4.78 is 5.90. The smallest absolute Gasteiger partial charge is 0.251 e. The number of carbonyl (C=O) groups excluding carboxylic acids is 1. The summed E-state index contributed by atoms with van der Waals surface area (Å²) in [5.41, 5.74) is 2.40. The molecule has 0 aliphatic heterocycles. The van der Waals surface area contributed by atoms with E-state index in [-0.39, 0.29) is 19.1 Å². The highest BCUT2D eigenvalue weighted by atomic mass is 16.3. The van der Waals surface area contributed by atoms with Crippen LogP contribution < -0.4 is 10.6 Å². The number of furan rings is 1. The Morgan fingerprint density at radius 3 is 2.83 bits per heavy atom. The number of nitrogens with one attached hydrogen (secondary N) is 2. The first kappa shape index (κ1) is 16.6. The molecule has 0 saturated heterocycles. The zero-order valence-electron chi connectivity index (χ0n) is 14.1. The van der Waals surface area contributed by atoms with E-state index in [9.17, 15) is 4.79 Å². The van der Waals surface area contributed by atoms with Crippen molar-refractivity contribution in [2.24, 2.45) is 5.92 Å². The third kappa shape index (κ3) is 3.62. The Morgan fingerprint density at radius 2 is 2.12 bits per heavy atom. The number of hydrogen-bond donors (Lipinski definition) is 3. The fourth-order valence-corrected chi connectivity index (χ4v) is 2.93. The van der Waals surface area contributed by atoms with Gasteiger partial charge in [0.05, 0.1) is 13.2 Å². The lowest BCUT2D eigenvalue weighted by molar-refractivity contribution is 0.0944. The minimum Gasteiger partial charge on any atom is -0.464 e. The predicted octanol–water partition coefficient (Wildman–Crippen LogP) is 3.05. The summed E-state index contributed by atoms with van der Waals surface area (Å²) in [5.74, 6) is 3.12. The van der Waals surface area contributed by atoms with Crippen molar-refractivity contribution in [1.29, 1.82) is 0 Å². The minimum atomic E-state index is -0.173. The summed E-state index contributed by atoms with van der Waals surface area (Å²) >= 11 is 0. The molecule has 1 aliphatic rings. The van der Waals surface area contributed by atoms with Crippen LogP contribution in [0.25, 0.3) is 0 Å². The van der Waals surface area contributed by atoms with Crippen LogP contribution in [0.5, 0.6) is 0 Å². The first-order valence-electron chi connectivity index (χ1n) is 8.41. The van der Waals surface area contributed by atoms with Gasteiger partial charge in [0.25, 0.3) is 5.91 Å². The molecule has 5 nitrogen and oxygen atoms in total. The highest BCUT2D eigenvalue weighted by molar-refractivity contribution is 5.97. The van der Waals surface area contributed by atoms with Gasteiger partial charge in [0, 0.05) is 23.7 Å². The molecule has 1 aliphatic carbocycles. The van der Waals surface area contributed by atoms with Crippen LogP contribution in [0, 0.1) is 12.8 Å². The van der Waals surface area contributed by atoms with Crippen molar-refractivity contribution >= 4 is 11.6 Å². The van der Waals surface area contributed by atoms with Crippen molar-refractivity contribution in [2.45, 2.75) is 32.7 Å². The van der Waals surface area contributed by atoms with E-state index < -0.39 is 0 Å². The third-order valence-corrected chi connectivity index (χ3v) is 4.59. The van der Waals surface area contributed by atoms with Gasteiger partial charge in [-0.15, -0.1) is 0 Å². The Balaban J connectivity index is 1.64. The van der Waals surface area contributed by atoms with Gasteiger partial charge in [0.2, 0.25) is 0 Å². The van der Waals surface area contributed by atoms with E-state index in [0.29, 0.717) is 18.0 Å². The molecule has 2 unspecified atom stereocenters. The fourth-order valence-electron chi connectivity index (χ4n) is 2.93. The van der Waals surface area contributed by atoms with Crippen LogP contribution in [0.1, 0.15) is 46.7 Å². The van der Waals surface area contributed by atoms with Gasteiger partial charge in [0.15, 0.2) is 0 Å². The van der Waals surface area contributed by atoms with Crippen LogP contribution in [0.2, 0.25) is 0 Å². The molecule has 1 fully saturated rings. The Bertz CT molecular complexity index is 723. The van der Waals surface area contributed by atoms with Crippen molar-refractivity contribution in [3.8, 4) is 0 Å². The van der Waals surface area contributed by atoms with Crippen LogP contribution in [-0.4, -0.2) is 24.2 Å². The number of anilines is 1. The van der Waals surface area contributed by atoms with E-state index in [1.807, 2.05) is 25.1 Å². The SMILES string of the molecule is Cc1c(NCc2ccc(C3CC3C)o2)cccc1C(=O)NCCO. The van der Waals surface area contributed by atoms with Gasteiger partial charge in [-0.05, 0) is 49.1 Å². The Hall–Kier alpha value is -2.27. The van der Waals surface area contributed by atoms with Gasteiger partial charge in [0.1, 0.15) is 11.5 Å². The summed E-state index contributed by atoms with van der Waals surface area (Å²) in [6, 6.07) is 9.66. The molecular weight excluding hydrogens is 304 g/mol. The van der Waals surface area contributed by atoms with Crippen molar-refractivity contribution in [2.75, 3.05) is 18.5 Å². The molecule has 1 saturated carbocycles. The Kier molecular flexibility index (Phi) is 4.90. The van der Waals surface area contributed by atoms with Crippen LogP contribution in [0.15, 0.2) is 34.7 Å². The number of aliphatic hydroxyl groups excluding tert-OH is 1. The standard InChI is InChI=1S/C19H24N2O3/c1-12-10-16(12)18-7-6-14(24-18)11-21-17-5-3-4-15(13(17)2)19(23)20-8-9-22/h3-7,12,16,21-22H,8-11H2,1-2H3,(H,20,23). The van der Waals surface area contributed by atoms with E-state index in [1.54, 1.807) is 6.07 Å². The molecule has 0 bridgehead atoms. The van der Waals surface area contributed by atoms with Crippen molar-refractivity contribution < 1.29 is 14.3 Å². The van der Waals surface area contributed by atoms with Crippen LogP contribution in [-0.2, 0) is 6.54 Å². The number of hydrogen-bond acceptors (Lipinski definition) is 4. The summed E-state index contributed by atoms with van der Waals surface area (Å²) in [6.07, 6.45) is 1.21. The highest BCUT2D eigenvalue weighted by Gasteiger charge is 2.36. The molecule has 1 amide bonds. The van der Waals surface area contributed by atoms with E-state index >= 15 is 0 Å². The lowest BCUT2D eigenvalue weighted by Crippen LogP contribution is -2.27. The topological polar surface area (TPSA) is 74.5 Å². The molecule has 2 aromatic rings. The van der Waals surface area contributed by atoms with Gasteiger partial charge in [-0.25, -0.2) is 0 Å².